The van der Waals surface area contributed by atoms with E-state index in [1.165, 1.54) is 0 Å². The first-order valence-electron chi connectivity index (χ1n) is 5.23. The van der Waals surface area contributed by atoms with Gasteiger partial charge in [0.25, 0.3) is 0 Å². The van der Waals surface area contributed by atoms with E-state index in [0.29, 0.717) is 19.4 Å². The number of hydrogen-bond acceptors (Lipinski definition) is 3. The number of carbonyl (C=O) groups excluding carboxylic acids is 1. The molecule has 0 aromatic heterocycles. The van der Waals surface area contributed by atoms with Crippen molar-refractivity contribution >= 4 is 21.9 Å². The first kappa shape index (κ1) is 13.2. The Morgan fingerprint density at radius 2 is 2.31 bits per heavy atom. The van der Waals surface area contributed by atoms with E-state index in [0.717, 1.165) is 10.0 Å². The molecule has 0 aliphatic rings. The van der Waals surface area contributed by atoms with Gasteiger partial charge in [-0.3, -0.25) is 4.79 Å². The maximum Gasteiger partial charge on any atom is 0.306 e. The summed E-state index contributed by atoms with van der Waals surface area (Å²) < 4.78 is 6.10. The minimum atomic E-state index is -0.197. The second-order valence-corrected chi connectivity index (χ2v) is 4.72. The predicted molar refractivity (Wildman–Crippen MR) is 66.8 cm³/mol. The Kier molecular flexibility index (Phi) is 5.49. The zero-order valence-corrected chi connectivity index (χ0v) is 10.9. The molecule has 1 aromatic rings. The van der Waals surface area contributed by atoms with Gasteiger partial charge in [-0.15, -0.1) is 0 Å². The molecule has 0 fully saturated rings. The highest BCUT2D eigenvalue weighted by atomic mass is 79.9. The monoisotopic (exact) mass is 285 g/mol. The molecule has 1 aromatic carbocycles. The molecule has 0 spiro atoms. The second kappa shape index (κ2) is 6.66. The van der Waals surface area contributed by atoms with Crippen LogP contribution in [-0.4, -0.2) is 12.0 Å². The largest absolute Gasteiger partial charge is 0.461 e. The van der Waals surface area contributed by atoms with Crippen molar-refractivity contribution in [2.45, 2.75) is 32.4 Å². The van der Waals surface area contributed by atoms with Crippen LogP contribution in [0.15, 0.2) is 28.7 Å². The van der Waals surface area contributed by atoms with Gasteiger partial charge in [0.1, 0.15) is 6.61 Å². The van der Waals surface area contributed by atoms with Crippen molar-refractivity contribution < 1.29 is 9.53 Å². The van der Waals surface area contributed by atoms with Gasteiger partial charge in [0.2, 0.25) is 0 Å². The minimum absolute atomic E-state index is 0.0402. The van der Waals surface area contributed by atoms with Crippen molar-refractivity contribution in [2.24, 2.45) is 5.73 Å². The summed E-state index contributed by atoms with van der Waals surface area (Å²) in [6.07, 6.45) is 1.04. The van der Waals surface area contributed by atoms with Crippen LogP contribution in [0.25, 0.3) is 0 Å². The quantitative estimate of drug-likeness (QED) is 0.846. The van der Waals surface area contributed by atoms with Crippen LogP contribution in [0.5, 0.6) is 0 Å². The number of benzene rings is 1. The summed E-state index contributed by atoms with van der Waals surface area (Å²) >= 11 is 3.36. The van der Waals surface area contributed by atoms with Gasteiger partial charge in [-0.05, 0) is 31.0 Å². The number of ether oxygens (including phenoxy) is 1. The molecule has 0 radical (unpaired) electrons. The third kappa shape index (κ3) is 5.28. The normalized spacial score (nSPS) is 12.2. The summed E-state index contributed by atoms with van der Waals surface area (Å²) in [5, 5.41) is 0. The van der Waals surface area contributed by atoms with E-state index < -0.39 is 0 Å². The van der Waals surface area contributed by atoms with Crippen LogP contribution in [-0.2, 0) is 16.1 Å². The molecule has 1 atom stereocenters. The van der Waals surface area contributed by atoms with E-state index >= 15 is 0 Å². The Bertz CT molecular complexity index is 353. The Morgan fingerprint density at radius 3 is 2.94 bits per heavy atom. The van der Waals surface area contributed by atoms with Gasteiger partial charge in [-0.1, -0.05) is 28.1 Å². The molecular weight excluding hydrogens is 270 g/mol. The van der Waals surface area contributed by atoms with Gasteiger partial charge in [0.05, 0.1) is 0 Å². The molecule has 3 nitrogen and oxygen atoms in total. The molecule has 0 heterocycles. The van der Waals surface area contributed by atoms with Gasteiger partial charge in [0.15, 0.2) is 0 Å². The van der Waals surface area contributed by atoms with Gasteiger partial charge in [-0.25, -0.2) is 0 Å². The maximum absolute atomic E-state index is 11.3. The Labute approximate surface area is 104 Å². The second-order valence-electron chi connectivity index (χ2n) is 3.81. The lowest BCUT2D eigenvalue weighted by Crippen LogP contribution is -2.17. The van der Waals surface area contributed by atoms with Crippen molar-refractivity contribution in [3.63, 3.8) is 0 Å². The van der Waals surface area contributed by atoms with Crippen LogP contribution < -0.4 is 5.73 Å². The van der Waals surface area contributed by atoms with E-state index in [1.807, 2.05) is 31.2 Å². The molecule has 4 heteroatoms. The zero-order valence-electron chi connectivity index (χ0n) is 9.28. The Balaban J connectivity index is 2.31. The van der Waals surface area contributed by atoms with Crippen LogP contribution >= 0.6 is 15.9 Å². The SMILES string of the molecule is CC(N)CCC(=O)OCc1cccc(Br)c1. The minimum Gasteiger partial charge on any atom is -0.461 e. The lowest BCUT2D eigenvalue weighted by atomic mass is 10.2. The van der Waals surface area contributed by atoms with Crippen molar-refractivity contribution in [3.05, 3.63) is 34.3 Å². The maximum atomic E-state index is 11.3. The summed E-state index contributed by atoms with van der Waals surface area (Å²) in [4.78, 5) is 11.3. The number of nitrogens with two attached hydrogens (primary N) is 1. The average Bonchev–Trinajstić information content (AvgIpc) is 2.23. The fraction of sp³-hybridized carbons (Fsp3) is 0.417. The number of carbonyl (C=O) groups is 1. The first-order valence-corrected chi connectivity index (χ1v) is 6.03. The van der Waals surface area contributed by atoms with Crippen LogP contribution in [0.2, 0.25) is 0 Å². The predicted octanol–water partition coefficient (Wildman–Crippen LogP) is 2.62. The molecule has 0 saturated heterocycles. The summed E-state index contributed by atoms with van der Waals surface area (Å²) in [6.45, 7) is 2.19. The van der Waals surface area contributed by atoms with Crippen molar-refractivity contribution in [1.82, 2.24) is 0 Å². The van der Waals surface area contributed by atoms with Crippen LogP contribution in [0, 0.1) is 0 Å². The molecule has 0 aliphatic heterocycles. The van der Waals surface area contributed by atoms with E-state index in [2.05, 4.69) is 15.9 Å². The lowest BCUT2D eigenvalue weighted by molar-refractivity contribution is -0.145. The Hall–Kier alpha value is -0.870. The molecule has 0 aliphatic carbocycles. The highest BCUT2D eigenvalue weighted by Gasteiger charge is 2.05. The highest BCUT2D eigenvalue weighted by Crippen LogP contribution is 2.12. The van der Waals surface area contributed by atoms with Crippen molar-refractivity contribution in [3.8, 4) is 0 Å². The standard InChI is InChI=1S/C12H16BrNO2/c1-9(14)5-6-12(15)16-8-10-3-2-4-11(13)7-10/h2-4,7,9H,5-6,8,14H2,1H3. The summed E-state index contributed by atoms with van der Waals surface area (Å²) in [5.74, 6) is -0.197. The fourth-order valence-electron chi connectivity index (χ4n) is 1.21. The molecule has 0 saturated carbocycles. The third-order valence-electron chi connectivity index (χ3n) is 2.09. The number of halogens is 1. The molecule has 0 bridgehead atoms. The molecule has 88 valence electrons. The summed E-state index contributed by atoms with van der Waals surface area (Å²) in [6, 6.07) is 7.73. The highest BCUT2D eigenvalue weighted by molar-refractivity contribution is 9.10. The molecule has 16 heavy (non-hydrogen) atoms. The molecule has 1 unspecified atom stereocenters. The summed E-state index contributed by atoms with van der Waals surface area (Å²) in [5.41, 5.74) is 6.53. The van der Waals surface area contributed by atoms with Gasteiger partial charge >= 0.3 is 5.97 Å². The van der Waals surface area contributed by atoms with Crippen LogP contribution in [0.3, 0.4) is 0 Å². The van der Waals surface area contributed by atoms with Gasteiger partial charge < -0.3 is 10.5 Å². The van der Waals surface area contributed by atoms with Crippen molar-refractivity contribution in [2.75, 3.05) is 0 Å². The van der Waals surface area contributed by atoms with Crippen molar-refractivity contribution in [1.29, 1.82) is 0 Å². The van der Waals surface area contributed by atoms with Gasteiger partial charge in [0, 0.05) is 16.9 Å². The molecular formula is C12H16BrNO2. The summed E-state index contributed by atoms with van der Waals surface area (Å²) in [7, 11) is 0. The van der Waals surface area contributed by atoms with E-state index in [-0.39, 0.29) is 12.0 Å². The smallest absolute Gasteiger partial charge is 0.306 e. The average molecular weight is 286 g/mol. The number of hydrogen-bond donors (Lipinski definition) is 1. The van der Waals surface area contributed by atoms with E-state index in [4.69, 9.17) is 10.5 Å². The molecule has 1 rings (SSSR count). The Morgan fingerprint density at radius 1 is 1.56 bits per heavy atom. The molecule has 0 amide bonds. The lowest BCUT2D eigenvalue weighted by Gasteiger charge is -2.06. The van der Waals surface area contributed by atoms with E-state index in [9.17, 15) is 4.79 Å². The van der Waals surface area contributed by atoms with E-state index in [1.54, 1.807) is 0 Å². The third-order valence-corrected chi connectivity index (χ3v) is 2.59. The molecule has 2 N–H and O–H groups in total. The zero-order chi connectivity index (χ0) is 12.0. The number of rotatable bonds is 5. The fourth-order valence-corrected chi connectivity index (χ4v) is 1.65. The first-order chi connectivity index (χ1) is 7.58. The van der Waals surface area contributed by atoms with Gasteiger partial charge in [-0.2, -0.15) is 0 Å². The van der Waals surface area contributed by atoms with Crippen LogP contribution in [0.1, 0.15) is 25.3 Å². The van der Waals surface area contributed by atoms with Crippen LogP contribution in [0.4, 0.5) is 0 Å². The topological polar surface area (TPSA) is 52.3 Å². The number of esters is 1.